The van der Waals surface area contributed by atoms with Crippen LogP contribution in [-0.2, 0) is 4.79 Å². The van der Waals surface area contributed by atoms with E-state index in [9.17, 15) is 31.1 Å². The van der Waals surface area contributed by atoms with Crippen molar-refractivity contribution < 1.29 is 144 Å². The molecule has 0 aliphatic carbocycles. The van der Waals surface area contributed by atoms with Crippen molar-refractivity contribution in [3.05, 3.63) is 0 Å². The van der Waals surface area contributed by atoms with Crippen molar-refractivity contribution in [3.63, 3.8) is 0 Å². The summed E-state index contributed by atoms with van der Waals surface area (Å²) in [4.78, 5) is 9.81. The van der Waals surface area contributed by atoms with Crippen LogP contribution in [0, 0.1) is 124 Å². The van der Waals surface area contributed by atoms with Gasteiger partial charge in [-0.05, 0) is 19.8 Å². The first-order valence-electron chi connectivity index (χ1n) is 13.1. The summed E-state index contributed by atoms with van der Waals surface area (Å²) in [6.45, 7) is 31.3. The molecule has 0 saturated carbocycles. The Balaban J connectivity index is -0.0000000227. The monoisotopic (exact) mass is 706 g/mol. The largest absolute Gasteiger partial charge is 0.393 e. The molecule has 0 rings (SSSR count). The molecule has 0 aliphatic heterocycles. The minimum Gasteiger partial charge on any atom is -0.300 e. The van der Waals surface area contributed by atoms with Crippen molar-refractivity contribution >= 4 is 29.0 Å². The number of Topliss-reactive ketones (excluding diaryl/α,β-unsaturated/α-hetero) is 1. The Hall–Kier alpha value is 3.61. The van der Waals surface area contributed by atoms with Crippen LogP contribution in [-0.4, -0.2) is 23.5 Å². The summed E-state index contributed by atoms with van der Waals surface area (Å²) in [5.74, 6) is 0.255. The van der Waals surface area contributed by atoms with E-state index in [1.165, 1.54) is 41.5 Å². The van der Waals surface area contributed by atoms with E-state index in [1.54, 1.807) is 6.92 Å². The van der Waals surface area contributed by atoms with Crippen LogP contribution < -0.4 is 0 Å². The van der Waals surface area contributed by atoms with Crippen LogP contribution in [0.25, 0.3) is 0 Å². The third kappa shape index (κ3) is 74.5. The predicted octanol–water partition coefficient (Wildman–Crippen LogP) is 13.5. The first-order valence-corrected chi connectivity index (χ1v) is 14.1. The summed E-state index contributed by atoms with van der Waals surface area (Å²) in [6, 6.07) is 0. The number of ketones is 1. The van der Waals surface area contributed by atoms with Gasteiger partial charge in [-0.15, -0.1) is 23.2 Å². The van der Waals surface area contributed by atoms with Gasteiger partial charge in [-0.1, -0.05) is 118 Å². The van der Waals surface area contributed by atoms with Crippen LogP contribution in [0.2, 0.25) is 0 Å². The fraction of sp³-hybridized carbons (Fsp3) is 0.963. The Morgan fingerprint density at radius 1 is 0.538 bits per heavy atom. The maximum Gasteiger partial charge on any atom is 0.393 e. The first kappa shape index (κ1) is 78.7. The zero-order valence-electron chi connectivity index (χ0n) is 27.8. The van der Waals surface area contributed by atoms with Crippen molar-refractivity contribution in [2.75, 3.05) is 5.34 Å². The van der Waals surface area contributed by atoms with E-state index in [2.05, 4.69) is 0 Å². The SMILES string of the molecule is CC.CC.CC.CC.CC.CCC(C)(C)C(F)(F)F.CCC(C)(C)C(F)(F)F.CCC(C)=O.ClCCl.[Ar].[Ar].[Ar]. The molecule has 0 heterocycles. The maximum atomic E-state index is 11.8. The first-order chi connectivity index (χ1) is 16.3. The van der Waals surface area contributed by atoms with Crippen molar-refractivity contribution in [3.8, 4) is 0 Å². The number of rotatable bonds is 3. The molecule has 1 nitrogen and oxygen atoms in total. The number of carbonyl (C=O) groups is 1. The molecule has 0 radical (unpaired) electrons. The molecule has 0 aliphatic rings. The molecule has 0 aromatic rings. The van der Waals surface area contributed by atoms with Crippen molar-refractivity contribution in [1.29, 1.82) is 0 Å². The van der Waals surface area contributed by atoms with Crippen molar-refractivity contribution in [2.24, 2.45) is 10.8 Å². The van der Waals surface area contributed by atoms with Gasteiger partial charge in [0.2, 0.25) is 0 Å². The number of hydrogen-bond acceptors (Lipinski definition) is 1. The molecule has 256 valence electrons. The van der Waals surface area contributed by atoms with E-state index < -0.39 is 23.2 Å². The molecule has 0 aromatic heterocycles. The van der Waals surface area contributed by atoms with Crippen LogP contribution in [0.1, 0.15) is 144 Å². The van der Waals surface area contributed by atoms with Crippen LogP contribution >= 0.6 is 23.2 Å². The second-order valence-corrected chi connectivity index (χ2v) is 7.44. The number of alkyl halides is 8. The maximum absolute atomic E-state index is 11.8. The molecular formula is C27H62Ar3Cl2F6O. The summed E-state index contributed by atoms with van der Waals surface area (Å²) in [6.07, 6.45) is -7.17. The quantitative estimate of drug-likeness (QED) is 0.211. The molecule has 0 atom stereocenters. The third-order valence-electron chi connectivity index (χ3n) is 3.80. The van der Waals surface area contributed by atoms with Crippen LogP contribution in [0.3, 0.4) is 0 Å². The van der Waals surface area contributed by atoms with Crippen LogP contribution in [0.15, 0.2) is 0 Å². The zero-order valence-corrected chi connectivity index (χ0v) is 31.5. The second kappa shape index (κ2) is 57.3. The topological polar surface area (TPSA) is 17.1 Å². The van der Waals surface area contributed by atoms with Gasteiger partial charge in [-0.3, -0.25) is 0 Å². The summed E-state index contributed by atoms with van der Waals surface area (Å²) in [5.41, 5.74) is -3.04. The summed E-state index contributed by atoms with van der Waals surface area (Å²) in [7, 11) is 0. The minimum absolute atomic E-state index is 0. The van der Waals surface area contributed by atoms with Gasteiger partial charge in [0.1, 0.15) is 5.78 Å². The Morgan fingerprint density at radius 2 is 0.641 bits per heavy atom. The average molecular weight is 708 g/mol. The Labute approximate surface area is 340 Å². The smallest absolute Gasteiger partial charge is 0.300 e. The van der Waals surface area contributed by atoms with Gasteiger partial charge in [-0.25, -0.2) is 0 Å². The summed E-state index contributed by atoms with van der Waals surface area (Å²) < 4.78 is 71.0. The van der Waals surface area contributed by atoms with Crippen molar-refractivity contribution in [1.82, 2.24) is 0 Å². The normalized spacial score (nSPS) is 8.67. The molecule has 0 amide bonds. The fourth-order valence-electron chi connectivity index (χ4n) is 0.401. The van der Waals surface area contributed by atoms with Gasteiger partial charge in [0, 0.05) is 120 Å². The molecule has 0 unspecified atom stereocenters. The van der Waals surface area contributed by atoms with Gasteiger partial charge in [-0.2, -0.15) is 26.3 Å². The Kier molecular flexibility index (Phi) is 116. The zero-order chi connectivity index (χ0) is 32.4. The average Bonchev–Trinajstić information content (AvgIpc) is 2.85. The summed E-state index contributed by atoms with van der Waals surface area (Å²) in [5, 5.41) is 0.194. The molecule has 39 heavy (non-hydrogen) atoms. The number of halogens is 8. The molecule has 0 N–H and O–H groups in total. The molecule has 12 heteroatoms. The van der Waals surface area contributed by atoms with Gasteiger partial charge in [0.15, 0.2) is 0 Å². The van der Waals surface area contributed by atoms with Gasteiger partial charge in [0.05, 0.1) is 16.2 Å². The molecule has 0 saturated heterocycles. The van der Waals surface area contributed by atoms with Gasteiger partial charge >= 0.3 is 12.4 Å². The second-order valence-electron chi connectivity index (χ2n) is 6.63. The van der Waals surface area contributed by atoms with E-state index in [0.29, 0.717) is 6.42 Å². The van der Waals surface area contributed by atoms with E-state index in [0.717, 1.165) is 0 Å². The Bertz CT molecular complexity index is 344. The van der Waals surface area contributed by atoms with Crippen molar-refractivity contribution in [2.45, 2.75) is 156 Å². The van der Waals surface area contributed by atoms with E-state index in [4.69, 9.17) is 23.2 Å². The van der Waals surface area contributed by atoms with Crippen LogP contribution in [0.4, 0.5) is 26.3 Å². The minimum atomic E-state index is -4.05. The molecule has 0 fully saturated rings. The van der Waals surface area contributed by atoms with Gasteiger partial charge < -0.3 is 4.79 Å². The van der Waals surface area contributed by atoms with E-state index in [-0.39, 0.29) is 137 Å². The van der Waals surface area contributed by atoms with Gasteiger partial charge in [0.25, 0.3) is 0 Å². The molecular weight excluding hydrogens is 645 g/mol. The standard InChI is InChI=1S/2C6H11F3.C4H8O.5C2H6.CH2Cl2.3Ar/c2*1-4-5(2,3)6(7,8)9;1-3-4(2)5;5*1-2;2-1-3;;;/h2*4H2,1-3H3;3H2,1-2H3;5*1-2H3;1H2;;;. The number of hydrogen-bond donors (Lipinski definition) is 0. The number of carbonyl (C=O) groups excluding carboxylic acids is 1. The van der Waals surface area contributed by atoms with E-state index in [1.807, 2.05) is 76.2 Å². The Morgan fingerprint density at radius 3 is 0.641 bits per heavy atom. The molecule has 0 spiro atoms. The molecule has 0 bridgehead atoms. The van der Waals surface area contributed by atoms with E-state index >= 15 is 0 Å². The van der Waals surface area contributed by atoms with Crippen LogP contribution in [0.5, 0.6) is 0 Å². The summed E-state index contributed by atoms with van der Waals surface area (Å²) >= 11 is 9.53. The third-order valence-corrected chi connectivity index (χ3v) is 3.80. The predicted molar refractivity (Wildman–Crippen MR) is 155 cm³/mol. The fourth-order valence-corrected chi connectivity index (χ4v) is 0.401. The molecule has 0 aromatic carbocycles.